The van der Waals surface area contributed by atoms with Crippen LogP contribution in [0.2, 0.25) is 0 Å². The summed E-state index contributed by atoms with van der Waals surface area (Å²) in [6.45, 7) is 0. The predicted molar refractivity (Wildman–Crippen MR) is 102 cm³/mol. The Kier molecular flexibility index (Phi) is 4.61. The normalized spacial score (nSPS) is 16.2. The molecular formula is C20H17FN4O2S. The van der Waals surface area contributed by atoms with Gasteiger partial charge in [-0.05, 0) is 60.6 Å². The van der Waals surface area contributed by atoms with Gasteiger partial charge in [0.2, 0.25) is 0 Å². The van der Waals surface area contributed by atoms with Crippen molar-refractivity contribution in [2.75, 3.05) is 4.72 Å². The highest BCUT2D eigenvalue weighted by atomic mass is 32.2. The van der Waals surface area contributed by atoms with Crippen molar-refractivity contribution in [1.29, 1.82) is 5.26 Å². The molecule has 8 heteroatoms. The van der Waals surface area contributed by atoms with Crippen molar-refractivity contribution in [3.8, 4) is 6.07 Å². The number of H-pyrrole nitrogens is 1. The summed E-state index contributed by atoms with van der Waals surface area (Å²) in [6, 6.07) is 9.36. The molecule has 1 aliphatic carbocycles. The van der Waals surface area contributed by atoms with Gasteiger partial charge in [0, 0.05) is 24.3 Å². The summed E-state index contributed by atoms with van der Waals surface area (Å²) in [5.41, 5.74) is 2.69. The van der Waals surface area contributed by atoms with Crippen LogP contribution in [0.5, 0.6) is 0 Å². The van der Waals surface area contributed by atoms with Crippen LogP contribution in [-0.2, 0) is 22.9 Å². The Balaban J connectivity index is 1.59. The first-order valence-corrected chi connectivity index (χ1v) is 10.3. The Morgan fingerprint density at radius 2 is 2.18 bits per heavy atom. The van der Waals surface area contributed by atoms with Crippen LogP contribution in [0.4, 0.5) is 10.1 Å². The van der Waals surface area contributed by atoms with Crippen molar-refractivity contribution < 1.29 is 12.8 Å². The Morgan fingerprint density at radius 3 is 2.89 bits per heavy atom. The number of nitriles is 1. The van der Waals surface area contributed by atoms with Crippen LogP contribution >= 0.6 is 0 Å². The number of aromatic amines is 1. The van der Waals surface area contributed by atoms with Gasteiger partial charge in [0.15, 0.2) is 0 Å². The number of hydrogen-bond acceptors (Lipinski definition) is 4. The van der Waals surface area contributed by atoms with Crippen LogP contribution in [0.25, 0.3) is 0 Å². The first-order valence-electron chi connectivity index (χ1n) is 8.79. The monoisotopic (exact) mass is 396 g/mol. The Morgan fingerprint density at radius 1 is 1.32 bits per heavy atom. The highest BCUT2D eigenvalue weighted by molar-refractivity contribution is 7.92. The fraction of sp³-hybridized carbons (Fsp3) is 0.200. The van der Waals surface area contributed by atoms with E-state index in [1.54, 1.807) is 6.20 Å². The fourth-order valence-electron chi connectivity index (χ4n) is 3.61. The van der Waals surface area contributed by atoms with Gasteiger partial charge in [0.1, 0.15) is 10.7 Å². The number of anilines is 1. The third-order valence-electron chi connectivity index (χ3n) is 5.02. The second kappa shape index (κ2) is 7.09. The Hall–Kier alpha value is -3.18. The maximum Gasteiger partial charge on any atom is 0.263 e. The molecule has 0 aliphatic heterocycles. The van der Waals surface area contributed by atoms with Crippen LogP contribution in [0.15, 0.2) is 53.8 Å². The summed E-state index contributed by atoms with van der Waals surface area (Å²) < 4.78 is 42.0. The van der Waals surface area contributed by atoms with E-state index in [2.05, 4.69) is 14.7 Å². The number of fused-ring (bicyclic) bond motifs is 1. The van der Waals surface area contributed by atoms with E-state index >= 15 is 0 Å². The van der Waals surface area contributed by atoms with Crippen molar-refractivity contribution in [3.05, 3.63) is 77.1 Å². The van der Waals surface area contributed by atoms with Gasteiger partial charge < -0.3 is 4.98 Å². The number of sulfonamides is 1. The molecule has 0 bridgehead atoms. The molecule has 1 atom stereocenters. The number of nitrogens with one attached hydrogen (secondary N) is 2. The number of aromatic nitrogens is 2. The van der Waals surface area contributed by atoms with Crippen molar-refractivity contribution >= 4 is 15.7 Å². The highest BCUT2D eigenvalue weighted by Gasteiger charge is 2.29. The van der Waals surface area contributed by atoms with Gasteiger partial charge in [-0.2, -0.15) is 5.26 Å². The largest absolute Gasteiger partial charge is 0.363 e. The van der Waals surface area contributed by atoms with E-state index in [4.69, 9.17) is 5.26 Å². The van der Waals surface area contributed by atoms with E-state index < -0.39 is 15.8 Å². The lowest BCUT2D eigenvalue weighted by molar-refractivity contribution is 0.568. The van der Waals surface area contributed by atoms with Crippen LogP contribution < -0.4 is 4.72 Å². The van der Waals surface area contributed by atoms with Crippen molar-refractivity contribution in [1.82, 2.24) is 9.97 Å². The molecule has 2 heterocycles. The first kappa shape index (κ1) is 18.2. The molecule has 0 radical (unpaired) electrons. The first-order chi connectivity index (χ1) is 13.5. The second-order valence-corrected chi connectivity index (χ2v) is 8.40. The minimum atomic E-state index is -3.95. The zero-order valence-corrected chi connectivity index (χ0v) is 15.6. The zero-order chi connectivity index (χ0) is 19.7. The van der Waals surface area contributed by atoms with Crippen molar-refractivity contribution in [3.63, 3.8) is 0 Å². The molecule has 0 spiro atoms. The quantitative estimate of drug-likeness (QED) is 0.705. The number of nitrogens with zero attached hydrogens (tertiary/aromatic N) is 2. The molecule has 2 aromatic heterocycles. The van der Waals surface area contributed by atoms with Gasteiger partial charge in [-0.15, -0.1) is 0 Å². The van der Waals surface area contributed by atoms with Crippen LogP contribution in [0.3, 0.4) is 0 Å². The molecule has 3 aromatic rings. The summed E-state index contributed by atoms with van der Waals surface area (Å²) >= 11 is 0. The lowest BCUT2D eigenvalue weighted by Gasteiger charge is -2.23. The standard InChI is InChI=1S/C20H17FN4O2S/c21-17-8-13(10-22)3-6-18(17)25-28(26,27)20-12-24-19-9-14(4-5-16(19)20)15-2-1-7-23-11-15/h1-3,6-8,11-12,14,24-25H,4-5,9H2. The van der Waals surface area contributed by atoms with Crippen LogP contribution in [0, 0.1) is 17.1 Å². The molecule has 1 unspecified atom stereocenters. The lowest BCUT2D eigenvalue weighted by atomic mass is 9.84. The van der Waals surface area contributed by atoms with Crippen molar-refractivity contribution in [2.45, 2.75) is 30.1 Å². The maximum atomic E-state index is 14.1. The molecule has 28 heavy (non-hydrogen) atoms. The van der Waals surface area contributed by atoms with Gasteiger partial charge >= 0.3 is 0 Å². The summed E-state index contributed by atoms with van der Waals surface area (Å²) in [5, 5.41) is 8.81. The molecule has 1 aromatic carbocycles. The number of pyridine rings is 1. The zero-order valence-electron chi connectivity index (χ0n) is 14.8. The van der Waals surface area contributed by atoms with Crippen LogP contribution in [-0.4, -0.2) is 18.4 Å². The SMILES string of the molecule is N#Cc1ccc(NS(=O)(=O)c2c[nH]c3c2CCC(c2cccnc2)C3)c(F)c1. The molecule has 0 saturated heterocycles. The van der Waals surface area contributed by atoms with E-state index in [1.165, 1.54) is 18.3 Å². The highest BCUT2D eigenvalue weighted by Crippen LogP contribution is 2.35. The summed E-state index contributed by atoms with van der Waals surface area (Å²) in [7, 11) is -3.95. The smallest absolute Gasteiger partial charge is 0.263 e. The third kappa shape index (κ3) is 3.37. The fourth-order valence-corrected chi connectivity index (χ4v) is 4.94. The summed E-state index contributed by atoms with van der Waals surface area (Å²) in [5.74, 6) is -0.511. The molecule has 2 N–H and O–H groups in total. The lowest BCUT2D eigenvalue weighted by Crippen LogP contribution is -2.18. The van der Waals surface area contributed by atoms with E-state index in [9.17, 15) is 12.8 Å². The summed E-state index contributed by atoms with van der Waals surface area (Å²) in [6.07, 6.45) is 7.13. The van der Waals surface area contributed by atoms with Gasteiger partial charge in [0.05, 0.1) is 17.3 Å². The van der Waals surface area contributed by atoms with Crippen LogP contribution in [0.1, 0.15) is 34.7 Å². The average Bonchev–Trinajstić information content (AvgIpc) is 3.14. The molecule has 0 amide bonds. The second-order valence-electron chi connectivity index (χ2n) is 6.75. The van der Waals surface area contributed by atoms with E-state index in [-0.39, 0.29) is 22.1 Å². The number of hydrogen-bond donors (Lipinski definition) is 2. The van der Waals surface area contributed by atoms with Gasteiger partial charge in [-0.3, -0.25) is 9.71 Å². The minimum absolute atomic E-state index is 0.126. The van der Waals surface area contributed by atoms with E-state index in [0.717, 1.165) is 29.3 Å². The Bertz CT molecular complexity index is 1170. The predicted octanol–water partition coefficient (Wildman–Crippen LogP) is 3.49. The van der Waals surface area contributed by atoms with E-state index in [0.29, 0.717) is 12.8 Å². The van der Waals surface area contributed by atoms with Gasteiger partial charge in [-0.25, -0.2) is 12.8 Å². The van der Waals surface area contributed by atoms with E-state index in [1.807, 2.05) is 24.4 Å². The molecule has 1 aliphatic rings. The topological polar surface area (TPSA) is 98.6 Å². The minimum Gasteiger partial charge on any atom is -0.363 e. The molecular weight excluding hydrogens is 379 g/mol. The third-order valence-corrected chi connectivity index (χ3v) is 6.45. The average molecular weight is 396 g/mol. The molecule has 6 nitrogen and oxygen atoms in total. The molecule has 142 valence electrons. The van der Waals surface area contributed by atoms with Crippen molar-refractivity contribution in [2.24, 2.45) is 0 Å². The number of halogens is 1. The molecule has 4 rings (SSSR count). The maximum absolute atomic E-state index is 14.1. The Labute approximate surface area is 162 Å². The van der Waals surface area contributed by atoms with Gasteiger partial charge in [-0.1, -0.05) is 6.07 Å². The number of rotatable bonds is 4. The number of benzene rings is 1. The molecule has 0 saturated carbocycles. The molecule has 0 fully saturated rings. The summed E-state index contributed by atoms with van der Waals surface area (Å²) in [4.78, 5) is 7.37. The van der Waals surface area contributed by atoms with Gasteiger partial charge in [0.25, 0.3) is 10.0 Å².